The molecule has 1 spiro atoms. The predicted molar refractivity (Wildman–Crippen MR) is 79.4 cm³/mol. The minimum Gasteiger partial charge on any atom is -0.484 e. The highest BCUT2D eigenvalue weighted by Gasteiger charge is 2.38. The number of rotatable bonds is 3. The molecule has 0 unspecified atom stereocenters. The Labute approximate surface area is 128 Å². The third-order valence-corrected chi connectivity index (χ3v) is 4.71. The summed E-state index contributed by atoms with van der Waals surface area (Å²) in [6.07, 6.45) is -0.692. The maximum atomic E-state index is 12.1. The minimum atomic E-state index is -4.30. The van der Waals surface area contributed by atoms with Crippen molar-refractivity contribution in [2.45, 2.75) is 25.4 Å². The molecule has 1 aromatic rings. The van der Waals surface area contributed by atoms with Crippen LogP contribution in [0, 0.1) is 5.41 Å². The lowest BCUT2D eigenvalue weighted by atomic mass is 9.78. The summed E-state index contributed by atoms with van der Waals surface area (Å²) in [6.45, 7) is 2.97. The van der Waals surface area contributed by atoms with Gasteiger partial charge in [-0.1, -0.05) is 0 Å². The van der Waals surface area contributed by atoms with Gasteiger partial charge in [-0.05, 0) is 62.0 Å². The van der Waals surface area contributed by atoms with Crippen LogP contribution in [0.2, 0.25) is 0 Å². The number of hydrogen-bond donors (Lipinski definition) is 1. The van der Waals surface area contributed by atoms with Gasteiger partial charge in [0, 0.05) is 18.8 Å². The van der Waals surface area contributed by atoms with Crippen LogP contribution in [0.25, 0.3) is 0 Å². The second-order valence-corrected chi connectivity index (χ2v) is 6.32. The summed E-state index contributed by atoms with van der Waals surface area (Å²) in [5.41, 5.74) is 1.48. The van der Waals surface area contributed by atoms with Crippen molar-refractivity contribution in [3.63, 3.8) is 0 Å². The van der Waals surface area contributed by atoms with Crippen molar-refractivity contribution >= 4 is 5.69 Å². The van der Waals surface area contributed by atoms with Gasteiger partial charge in [0.15, 0.2) is 6.61 Å². The summed E-state index contributed by atoms with van der Waals surface area (Å²) < 4.78 is 41.1. The zero-order valence-corrected chi connectivity index (χ0v) is 12.5. The first-order valence-electron chi connectivity index (χ1n) is 7.71. The number of nitrogens with zero attached hydrogens (tertiary/aromatic N) is 1. The summed E-state index contributed by atoms with van der Waals surface area (Å²) in [6, 6.07) is 6.95. The van der Waals surface area contributed by atoms with Crippen molar-refractivity contribution in [3.8, 4) is 5.75 Å². The number of anilines is 1. The van der Waals surface area contributed by atoms with E-state index in [4.69, 9.17) is 4.74 Å². The van der Waals surface area contributed by atoms with Gasteiger partial charge >= 0.3 is 6.18 Å². The molecule has 2 aliphatic rings. The van der Waals surface area contributed by atoms with E-state index in [1.165, 1.54) is 19.3 Å². The maximum Gasteiger partial charge on any atom is 0.422 e. The average molecular weight is 314 g/mol. The van der Waals surface area contributed by atoms with Gasteiger partial charge in [-0.2, -0.15) is 13.2 Å². The quantitative estimate of drug-likeness (QED) is 0.927. The van der Waals surface area contributed by atoms with Crippen molar-refractivity contribution in [2.75, 3.05) is 37.7 Å². The molecule has 2 heterocycles. The van der Waals surface area contributed by atoms with Crippen LogP contribution in [0.4, 0.5) is 18.9 Å². The highest BCUT2D eigenvalue weighted by atomic mass is 19.4. The topological polar surface area (TPSA) is 24.5 Å². The molecular weight excluding hydrogens is 293 g/mol. The van der Waals surface area contributed by atoms with E-state index in [-0.39, 0.29) is 5.75 Å². The Morgan fingerprint density at radius 2 is 1.77 bits per heavy atom. The first-order valence-corrected chi connectivity index (χ1v) is 7.71. The number of benzene rings is 1. The number of nitrogens with one attached hydrogen (secondary N) is 1. The Hall–Kier alpha value is -1.43. The molecule has 1 N–H and O–H groups in total. The largest absolute Gasteiger partial charge is 0.484 e. The molecule has 0 amide bonds. The molecule has 0 aromatic heterocycles. The van der Waals surface area contributed by atoms with E-state index in [1.807, 2.05) is 12.1 Å². The van der Waals surface area contributed by atoms with Crippen LogP contribution in [-0.2, 0) is 0 Å². The smallest absolute Gasteiger partial charge is 0.422 e. The van der Waals surface area contributed by atoms with Gasteiger partial charge < -0.3 is 15.0 Å². The monoisotopic (exact) mass is 314 g/mol. The summed E-state index contributed by atoms with van der Waals surface area (Å²) in [7, 11) is 0. The molecule has 0 radical (unpaired) electrons. The molecular formula is C16H21F3N2O. The second-order valence-electron chi connectivity index (χ2n) is 6.32. The molecule has 122 valence electrons. The highest BCUT2D eigenvalue weighted by molar-refractivity contribution is 5.50. The van der Waals surface area contributed by atoms with E-state index in [2.05, 4.69) is 10.2 Å². The van der Waals surface area contributed by atoms with Crippen LogP contribution in [0.15, 0.2) is 24.3 Å². The van der Waals surface area contributed by atoms with Crippen LogP contribution in [0.1, 0.15) is 19.3 Å². The predicted octanol–water partition coefficient (Wildman–Crippen LogP) is 3.21. The van der Waals surface area contributed by atoms with Gasteiger partial charge in [-0.15, -0.1) is 0 Å². The molecule has 1 aromatic carbocycles. The number of alkyl halides is 3. The first-order chi connectivity index (χ1) is 10.5. The Morgan fingerprint density at radius 3 is 2.41 bits per heavy atom. The van der Waals surface area contributed by atoms with E-state index in [0.717, 1.165) is 31.9 Å². The lowest BCUT2D eigenvalue weighted by Crippen LogP contribution is -2.38. The molecule has 2 aliphatic heterocycles. The van der Waals surface area contributed by atoms with Crippen molar-refractivity contribution < 1.29 is 17.9 Å². The fourth-order valence-corrected chi connectivity index (χ4v) is 3.44. The molecule has 3 rings (SSSR count). The highest BCUT2D eigenvalue weighted by Crippen LogP contribution is 2.40. The van der Waals surface area contributed by atoms with Gasteiger partial charge in [0.25, 0.3) is 0 Å². The third-order valence-electron chi connectivity index (χ3n) is 4.71. The van der Waals surface area contributed by atoms with Crippen LogP contribution in [-0.4, -0.2) is 39.0 Å². The van der Waals surface area contributed by atoms with E-state index >= 15 is 0 Å². The molecule has 2 saturated heterocycles. The minimum absolute atomic E-state index is 0.261. The summed E-state index contributed by atoms with van der Waals surface area (Å²) >= 11 is 0. The van der Waals surface area contributed by atoms with Crippen molar-refractivity contribution in [2.24, 2.45) is 5.41 Å². The summed E-state index contributed by atoms with van der Waals surface area (Å²) in [4.78, 5) is 2.33. The SMILES string of the molecule is FC(F)(F)COc1ccc(N2CCC3(CCNCC3)C2)cc1. The number of halogens is 3. The van der Waals surface area contributed by atoms with Crippen LogP contribution in [0.3, 0.4) is 0 Å². The lowest BCUT2D eigenvalue weighted by Gasteiger charge is -2.34. The molecule has 0 aliphatic carbocycles. The molecule has 0 atom stereocenters. The molecule has 6 heteroatoms. The van der Waals surface area contributed by atoms with Gasteiger partial charge in [0.1, 0.15) is 5.75 Å². The zero-order chi connectivity index (χ0) is 15.6. The van der Waals surface area contributed by atoms with Gasteiger partial charge in [-0.25, -0.2) is 0 Å². The van der Waals surface area contributed by atoms with Crippen molar-refractivity contribution in [1.29, 1.82) is 0 Å². The van der Waals surface area contributed by atoms with Gasteiger partial charge in [0.2, 0.25) is 0 Å². The fourth-order valence-electron chi connectivity index (χ4n) is 3.44. The standard InChI is InChI=1S/C16H21F3N2O/c17-16(18,19)12-22-14-3-1-13(2-4-14)21-10-7-15(11-21)5-8-20-9-6-15/h1-4,20H,5-12H2. The Bertz CT molecular complexity index is 495. The second kappa shape index (κ2) is 5.99. The van der Waals surface area contributed by atoms with Gasteiger partial charge in [-0.3, -0.25) is 0 Å². The Kier molecular flexibility index (Phi) is 4.21. The van der Waals surface area contributed by atoms with Crippen molar-refractivity contribution in [1.82, 2.24) is 5.32 Å². The number of piperidine rings is 1. The normalized spacial score (nSPS) is 21.3. The molecule has 22 heavy (non-hydrogen) atoms. The maximum absolute atomic E-state index is 12.1. The van der Waals surface area contributed by atoms with E-state index in [1.54, 1.807) is 12.1 Å². The number of ether oxygens (including phenoxy) is 1. The fraction of sp³-hybridized carbons (Fsp3) is 0.625. The average Bonchev–Trinajstić information content (AvgIpc) is 2.89. The number of hydrogen-bond acceptors (Lipinski definition) is 3. The van der Waals surface area contributed by atoms with E-state index in [9.17, 15) is 13.2 Å². The van der Waals surface area contributed by atoms with E-state index in [0.29, 0.717) is 5.41 Å². The molecule has 2 fully saturated rings. The van der Waals surface area contributed by atoms with E-state index < -0.39 is 12.8 Å². The third kappa shape index (κ3) is 3.66. The Balaban J connectivity index is 1.59. The molecule has 3 nitrogen and oxygen atoms in total. The first kappa shape index (κ1) is 15.5. The summed E-state index contributed by atoms with van der Waals surface area (Å²) in [5.74, 6) is 0.261. The molecule has 0 bridgehead atoms. The van der Waals surface area contributed by atoms with Crippen LogP contribution < -0.4 is 15.0 Å². The molecule has 0 saturated carbocycles. The van der Waals surface area contributed by atoms with Crippen molar-refractivity contribution in [3.05, 3.63) is 24.3 Å². The lowest BCUT2D eigenvalue weighted by molar-refractivity contribution is -0.153. The van der Waals surface area contributed by atoms with Gasteiger partial charge in [0.05, 0.1) is 0 Å². The Morgan fingerprint density at radius 1 is 1.09 bits per heavy atom. The van der Waals surface area contributed by atoms with Crippen LogP contribution >= 0.6 is 0 Å². The zero-order valence-electron chi connectivity index (χ0n) is 12.5. The summed E-state index contributed by atoms with van der Waals surface area (Å²) in [5, 5.41) is 3.40. The van der Waals surface area contributed by atoms with Crippen LogP contribution in [0.5, 0.6) is 5.75 Å².